The van der Waals surface area contributed by atoms with Gasteiger partial charge in [0.2, 0.25) is 0 Å². The van der Waals surface area contributed by atoms with Crippen molar-refractivity contribution in [3.05, 3.63) is 0 Å². The van der Waals surface area contributed by atoms with Crippen molar-refractivity contribution in [3.8, 4) is 0 Å². The molecule has 0 aliphatic heterocycles. The fraction of sp³-hybridized carbons (Fsp3) is 1.00. The van der Waals surface area contributed by atoms with E-state index in [2.05, 4.69) is 33.0 Å². The molecule has 0 saturated heterocycles. The molecule has 0 aromatic heterocycles. The summed E-state index contributed by atoms with van der Waals surface area (Å²) in [5.74, 6) is 0. The summed E-state index contributed by atoms with van der Waals surface area (Å²) in [7, 11) is 0. The maximum Gasteiger partial charge on any atom is -0.0000126 e. The number of unbranched alkanes of at least 4 members (excludes halogenated alkanes) is 1. The summed E-state index contributed by atoms with van der Waals surface area (Å²) in [6, 6.07) is 0. The molecule has 12 heavy (non-hydrogen) atoms. The van der Waals surface area contributed by atoms with E-state index in [9.17, 15) is 0 Å². The van der Waals surface area contributed by atoms with Crippen LogP contribution in [0.3, 0.4) is 0 Å². The van der Waals surface area contributed by atoms with Gasteiger partial charge in [-0.25, -0.2) is 0 Å². The zero-order valence-corrected chi connectivity index (χ0v) is 9.83. The number of hydrogen-bond acceptors (Lipinski definition) is 1. The first-order valence-corrected chi connectivity index (χ1v) is 5.27. The van der Waals surface area contributed by atoms with Crippen LogP contribution in [0.1, 0.15) is 54.4 Å². The van der Waals surface area contributed by atoms with Crippen molar-refractivity contribution in [2.45, 2.75) is 54.4 Å². The first kappa shape index (κ1) is 14.5. The summed E-state index contributed by atoms with van der Waals surface area (Å²) in [6.45, 7) is 15.3. The van der Waals surface area contributed by atoms with Gasteiger partial charge in [-0.3, -0.25) is 0 Å². The van der Waals surface area contributed by atoms with Gasteiger partial charge in [0.05, 0.1) is 0 Å². The Morgan fingerprint density at radius 2 is 1.58 bits per heavy atom. The standard InChI is InChI=1S/C9H21N.C2H6/c1-5-6-7-10-8-9(2,3)4;1-2/h10H,5-8H2,1-4H3;1-2H3. The number of hydrogen-bond donors (Lipinski definition) is 1. The molecular formula is C11H27N. The quantitative estimate of drug-likeness (QED) is 0.642. The molecule has 0 heterocycles. The lowest BCUT2D eigenvalue weighted by Gasteiger charge is -2.18. The number of rotatable bonds is 4. The maximum absolute atomic E-state index is 3.43. The van der Waals surface area contributed by atoms with Gasteiger partial charge < -0.3 is 5.32 Å². The second kappa shape index (κ2) is 9.05. The van der Waals surface area contributed by atoms with Crippen molar-refractivity contribution in [1.29, 1.82) is 0 Å². The van der Waals surface area contributed by atoms with Crippen LogP contribution in [0.2, 0.25) is 0 Å². The van der Waals surface area contributed by atoms with Gasteiger partial charge in [-0.1, -0.05) is 48.0 Å². The van der Waals surface area contributed by atoms with E-state index >= 15 is 0 Å². The van der Waals surface area contributed by atoms with Crippen LogP contribution < -0.4 is 5.32 Å². The van der Waals surface area contributed by atoms with Gasteiger partial charge in [0.15, 0.2) is 0 Å². The van der Waals surface area contributed by atoms with Gasteiger partial charge in [0.1, 0.15) is 0 Å². The van der Waals surface area contributed by atoms with Gasteiger partial charge >= 0.3 is 0 Å². The molecule has 0 radical (unpaired) electrons. The normalized spacial score (nSPS) is 10.5. The molecule has 0 aromatic carbocycles. The molecular weight excluding hydrogens is 146 g/mol. The molecule has 76 valence electrons. The van der Waals surface area contributed by atoms with E-state index in [0.717, 1.165) is 6.54 Å². The number of nitrogens with one attached hydrogen (secondary N) is 1. The molecule has 0 atom stereocenters. The summed E-state index contributed by atoms with van der Waals surface area (Å²) in [5.41, 5.74) is 0.438. The minimum absolute atomic E-state index is 0.438. The zero-order chi connectivity index (χ0) is 10.0. The topological polar surface area (TPSA) is 12.0 Å². The lowest BCUT2D eigenvalue weighted by Crippen LogP contribution is -2.27. The second-order valence-corrected chi connectivity index (χ2v) is 4.09. The highest BCUT2D eigenvalue weighted by molar-refractivity contribution is 4.64. The molecule has 1 heteroatoms. The monoisotopic (exact) mass is 173 g/mol. The fourth-order valence-corrected chi connectivity index (χ4v) is 0.765. The molecule has 0 bridgehead atoms. The maximum atomic E-state index is 3.43. The van der Waals surface area contributed by atoms with E-state index in [4.69, 9.17) is 0 Å². The highest BCUT2D eigenvalue weighted by atomic mass is 14.9. The third-order valence-electron chi connectivity index (χ3n) is 1.36. The molecule has 0 saturated carbocycles. The Morgan fingerprint density at radius 3 is 1.92 bits per heavy atom. The van der Waals surface area contributed by atoms with Crippen LogP contribution in [0.4, 0.5) is 0 Å². The van der Waals surface area contributed by atoms with Crippen molar-refractivity contribution >= 4 is 0 Å². The van der Waals surface area contributed by atoms with Crippen molar-refractivity contribution in [2.75, 3.05) is 13.1 Å². The smallest absolute Gasteiger partial charge is 0.0000126 e. The Bertz CT molecular complexity index is 71.6. The molecule has 0 spiro atoms. The van der Waals surface area contributed by atoms with Crippen LogP contribution in [-0.2, 0) is 0 Å². The minimum atomic E-state index is 0.438. The van der Waals surface area contributed by atoms with Crippen LogP contribution in [0.5, 0.6) is 0 Å². The third-order valence-corrected chi connectivity index (χ3v) is 1.36. The first-order valence-electron chi connectivity index (χ1n) is 5.27. The van der Waals surface area contributed by atoms with Gasteiger partial charge in [0.25, 0.3) is 0 Å². The van der Waals surface area contributed by atoms with E-state index in [1.54, 1.807) is 0 Å². The molecule has 0 aromatic rings. The van der Waals surface area contributed by atoms with Crippen molar-refractivity contribution in [3.63, 3.8) is 0 Å². The average molecular weight is 173 g/mol. The molecule has 1 nitrogen and oxygen atoms in total. The van der Waals surface area contributed by atoms with Gasteiger partial charge in [0, 0.05) is 0 Å². The van der Waals surface area contributed by atoms with Gasteiger partial charge in [-0.05, 0) is 24.9 Å². The van der Waals surface area contributed by atoms with Crippen LogP contribution >= 0.6 is 0 Å². The molecule has 0 amide bonds. The summed E-state index contributed by atoms with van der Waals surface area (Å²) in [4.78, 5) is 0. The Hall–Kier alpha value is -0.0400. The Balaban J connectivity index is 0. The summed E-state index contributed by atoms with van der Waals surface area (Å²) < 4.78 is 0. The predicted octanol–water partition coefficient (Wildman–Crippen LogP) is 3.45. The van der Waals surface area contributed by atoms with Gasteiger partial charge in [-0.2, -0.15) is 0 Å². The third kappa shape index (κ3) is 16.5. The van der Waals surface area contributed by atoms with Crippen molar-refractivity contribution in [2.24, 2.45) is 5.41 Å². The molecule has 0 aliphatic carbocycles. The van der Waals surface area contributed by atoms with E-state index in [-0.39, 0.29) is 0 Å². The van der Waals surface area contributed by atoms with E-state index < -0.39 is 0 Å². The van der Waals surface area contributed by atoms with E-state index in [0.29, 0.717) is 5.41 Å². The van der Waals surface area contributed by atoms with Crippen LogP contribution in [0.15, 0.2) is 0 Å². The summed E-state index contributed by atoms with van der Waals surface area (Å²) in [5, 5.41) is 3.43. The Morgan fingerprint density at radius 1 is 1.08 bits per heavy atom. The molecule has 0 aliphatic rings. The minimum Gasteiger partial charge on any atom is -0.316 e. The van der Waals surface area contributed by atoms with Crippen LogP contribution in [-0.4, -0.2) is 13.1 Å². The highest BCUT2D eigenvalue weighted by Gasteiger charge is 2.07. The Kier molecular flexibility index (Phi) is 10.9. The first-order chi connectivity index (χ1) is 5.56. The van der Waals surface area contributed by atoms with Crippen LogP contribution in [0, 0.1) is 5.41 Å². The average Bonchev–Trinajstić information content (AvgIpc) is 2.01. The van der Waals surface area contributed by atoms with E-state index in [1.807, 2.05) is 13.8 Å². The zero-order valence-electron chi connectivity index (χ0n) is 9.83. The lowest BCUT2D eigenvalue weighted by molar-refractivity contribution is 0.379. The largest absolute Gasteiger partial charge is 0.316 e. The van der Waals surface area contributed by atoms with Crippen molar-refractivity contribution < 1.29 is 0 Å². The van der Waals surface area contributed by atoms with Crippen LogP contribution in [0.25, 0.3) is 0 Å². The molecule has 1 N–H and O–H groups in total. The van der Waals surface area contributed by atoms with E-state index in [1.165, 1.54) is 19.4 Å². The molecule has 0 unspecified atom stereocenters. The lowest BCUT2D eigenvalue weighted by atomic mass is 9.97. The van der Waals surface area contributed by atoms with Gasteiger partial charge in [-0.15, -0.1) is 0 Å². The highest BCUT2D eigenvalue weighted by Crippen LogP contribution is 2.09. The second-order valence-electron chi connectivity index (χ2n) is 4.09. The molecule has 0 fully saturated rings. The predicted molar refractivity (Wildman–Crippen MR) is 58.6 cm³/mol. The summed E-state index contributed by atoms with van der Waals surface area (Å²) >= 11 is 0. The molecule has 0 rings (SSSR count). The Labute approximate surface area is 78.9 Å². The summed E-state index contributed by atoms with van der Waals surface area (Å²) in [6.07, 6.45) is 2.59. The van der Waals surface area contributed by atoms with Crippen molar-refractivity contribution in [1.82, 2.24) is 5.32 Å². The fourth-order valence-electron chi connectivity index (χ4n) is 0.765. The SMILES string of the molecule is CC.CCCCNCC(C)(C)C.